The summed E-state index contributed by atoms with van der Waals surface area (Å²) in [5, 5.41) is 19.8. The van der Waals surface area contributed by atoms with Crippen LogP contribution in [0.1, 0.15) is 6.92 Å². The summed E-state index contributed by atoms with van der Waals surface area (Å²) in [4.78, 5) is 11.2. The molecule has 7 nitrogen and oxygen atoms in total. The molecule has 3 aromatic rings. The Kier molecular flexibility index (Phi) is 5.35. The first kappa shape index (κ1) is 18.1. The van der Waals surface area contributed by atoms with Crippen molar-refractivity contribution in [2.24, 2.45) is 0 Å². The number of ether oxygens (including phenoxy) is 1. The fourth-order valence-corrected chi connectivity index (χ4v) is 3.22. The van der Waals surface area contributed by atoms with Crippen LogP contribution in [0.2, 0.25) is 10.0 Å². The number of hydrogen-bond acceptors (Lipinski definition) is 4. The van der Waals surface area contributed by atoms with Crippen molar-refractivity contribution in [3.8, 4) is 22.9 Å². The third-order valence-corrected chi connectivity index (χ3v) is 4.61. The fraction of sp³-hybridized carbons (Fsp3) is 0.235. The van der Waals surface area contributed by atoms with Crippen LogP contribution in [0.5, 0.6) is 5.75 Å². The van der Waals surface area contributed by atoms with Gasteiger partial charge in [0.05, 0.1) is 27.1 Å². The highest BCUT2D eigenvalue weighted by Crippen LogP contribution is 2.43. The van der Waals surface area contributed by atoms with Crippen LogP contribution >= 0.6 is 23.2 Å². The lowest BCUT2D eigenvalue weighted by Crippen LogP contribution is -2.24. The summed E-state index contributed by atoms with van der Waals surface area (Å²) in [6.07, 6.45) is 5.34. The normalized spacial score (nSPS) is 10.7. The number of nitriles is 1. The van der Waals surface area contributed by atoms with Crippen LogP contribution < -0.4 is 10.1 Å². The maximum atomic E-state index is 11.2. The lowest BCUT2D eigenvalue weighted by Gasteiger charge is -2.11. The van der Waals surface area contributed by atoms with E-state index in [-0.39, 0.29) is 12.5 Å². The van der Waals surface area contributed by atoms with Crippen molar-refractivity contribution in [2.75, 3.05) is 13.2 Å². The molecule has 0 bridgehead atoms. The molecule has 0 aliphatic heterocycles. The van der Waals surface area contributed by atoms with Gasteiger partial charge in [-0.3, -0.25) is 9.89 Å². The lowest BCUT2D eigenvalue weighted by molar-refractivity contribution is -0.118. The zero-order valence-electron chi connectivity index (χ0n) is 13.8. The average molecular weight is 392 g/mol. The largest absolute Gasteiger partial charge is 0.478 e. The Balaban J connectivity index is 2.19. The van der Waals surface area contributed by atoms with Crippen LogP contribution in [0.4, 0.5) is 0 Å². The summed E-state index contributed by atoms with van der Waals surface area (Å²) >= 11 is 12.7. The highest BCUT2D eigenvalue weighted by Gasteiger charge is 2.20. The number of carbonyl (C=O) groups excluding carboxylic acids is 1. The highest BCUT2D eigenvalue weighted by atomic mass is 35.5. The summed E-state index contributed by atoms with van der Waals surface area (Å²) in [5.74, 6) is 0.351. The number of halogens is 2. The molecule has 2 N–H and O–H groups in total. The van der Waals surface area contributed by atoms with E-state index in [9.17, 15) is 4.79 Å². The number of hydrogen-bond donors (Lipinski definition) is 2. The van der Waals surface area contributed by atoms with Gasteiger partial charge in [0.1, 0.15) is 11.8 Å². The number of nitrogens with one attached hydrogen (secondary N) is 2. The number of carbonyl (C=O) groups is 1. The SMILES string of the molecule is CC(=O)NCCn1cc(-c2cn[nH]c2)c2c(OCC#N)cc(Cl)c(Cl)c21. The van der Waals surface area contributed by atoms with Gasteiger partial charge in [-0.1, -0.05) is 23.2 Å². The Labute approximate surface area is 159 Å². The standard InChI is InChI=1S/C17H15Cl2N5O2/c1-10(25)21-3-4-24-9-12(11-7-22-23-8-11)15-14(26-5-2-20)6-13(18)16(19)17(15)24/h6-9H,3-5H2,1H3,(H,21,25)(H,22,23). The van der Waals surface area contributed by atoms with E-state index in [1.807, 2.05) is 16.8 Å². The van der Waals surface area contributed by atoms with Gasteiger partial charge in [-0.05, 0) is 0 Å². The highest BCUT2D eigenvalue weighted by molar-refractivity contribution is 6.45. The predicted molar refractivity (Wildman–Crippen MR) is 99.3 cm³/mol. The maximum Gasteiger partial charge on any atom is 0.216 e. The van der Waals surface area contributed by atoms with E-state index in [2.05, 4.69) is 15.5 Å². The third-order valence-electron chi connectivity index (χ3n) is 3.83. The molecular formula is C17H15Cl2N5O2. The Morgan fingerprint density at radius 3 is 2.96 bits per heavy atom. The molecule has 0 aliphatic rings. The van der Waals surface area contributed by atoms with Crippen LogP contribution in [0, 0.1) is 11.3 Å². The van der Waals surface area contributed by atoms with Gasteiger partial charge in [-0.25, -0.2) is 0 Å². The molecule has 26 heavy (non-hydrogen) atoms. The molecule has 0 saturated carbocycles. The van der Waals surface area contributed by atoms with E-state index in [0.717, 1.165) is 16.5 Å². The number of amides is 1. The third kappa shape index (κ3) is 3.47. The van der Waals surface area contributed by atoms with Crippen molar-refractivity contribution in [1.29, 1.82) is 5.26 Å². The molecule has 0 saturated heterocycles. The molecule has 9 heteroatoms. The van der Waals surface area contributed by atoms with Crippen LogP contribution in [-0.2, 0) is 11.3 Å². The quantitative estimate of drug-likeness (QED) is 0.672. The van der Waals surface area contributed by atoms with Gasteiger partial charge in [-0.2, -0.15) is 10.4 Å². The molecule has 134 valence electrons. The molecule has 2 heterocycles. The second kappa shape index (κ2) is 7.68. The van der Waals surface area contributed by atoms with Crippen LogP contribution in [0.3, 0.4) is 0 Å². The minimum absolute atomic E-state index is 0.112. The molecule has 2 aromatic heterocycles. The van der Waals surface area contributed by atoms with E-state index < -0.39 is 0 Å². The molecule has 0 atom stereocenters. The van der Waals surface area contributed by atoms with E-state index in [0.29, 0.717) is 34.4 Å². The molecule has 0 unspecified atom stereocenters. The molecule has 1 aromatic carbocycles. The first-order valence-electron chi connectivity index (χ1n) is 7.77. The lowest BCUT2D eigenvalue weighted by atomic mass is 10.1. The summed E-state index contributed by atoms with van der Waals surface area (Å²) in [7, 11) is 0. The molecule has 3 rings (SSSR count). The number of aromatic nitrogens is 3. The Morgan fingerprint density at radius 1 is 1.50 bits per heavy atom. The first-order chi connectivity index (χ1) is 12.5. The zero-order valence-corrected chi connectivity index (χ0v) is 15.4. The second-order valence-electron chi connectivity index (χ2n) is 5.55. The zero-order chi connectivity index (χ0) is 18.7. The fourth-order valence-electron chi connectivity index (χ4n) is 2.77. The van der Waals surface area contributed by atoms with E-state index in [1.165, 1.54) is 6.92 Å². The number of fused-ring (bicyclic) bond motifs is 1. The Morgan fingerprint density at radius 2 is 2.31 bits per heavy atom. The van der Waals surface area contributed by atoms with Gasteiger partial charge in [0.25, 0.3) is 0 Å². The average Bonchev–Trinajstić information content (AvgIpc) is 3.24. The van der Waals surface area contributed by atoms with Crippen LogP contribution in [-0.4, -0.2) is 33.8 Å². The van der Waals surface area contributed by atoms with Crippen LogP contribution in [0.25, 0.3) is 22.0 Å². The van der Waals surface area contributed by atoms with Crippen molar-refractivity contribution in [1.82, 2.24) is 20.1 Å². The molecule has 0 aliphatic carbocycles. The van der Waals surface area contributed by atoms with E-state index in [4.69, 9.17) is 33.2 Å². The number of aromatic amines is 1. The monoisotopic (exact) mass is 391 g/mol. The second-order valence-corrected chi connectivity index (χ2v) is 6.33. The summed E-state index contributed by atoms with van der Waals surface area (Å²) in [6, 6.07) is 3.55. The van der Waals surface area contributed by atoms with Crippen molar-refractivity contribution >= 4 is 40.0 Å². The number of benzene rings is 1. The van der Waals surface area contributed by atoms with Gasteiger partial charge in [0.2, 0.25) is 5.91 Å². The summed E-state index contributed by atoms with van der Waals surface area (Å²) in [5.41, 5.74) is 2.35. The minimum Gasteiger partial charge on any atom is -0.478 e. The number of H-pyrrole nitrogens is 1. The van der Waals surface area contributed by atoms with Gasteiger partial charge in [-0.15, -0.1) is 0 Å². The molecular weight excluding hydrogens is 377 g/mol. The topological polar surface area (TPSA) is 95.7 Å². The molecule has 1 amide bonds. The minimum atomic E-state index is -0.116. The molecule has 0 fully saturated rings. The van der Waals surface area contributed by atoms with Crippen molar-refractivity contribution in [2.45, 2.75) is 13.5 Å². The van der Waals surface area contributed by atoms with Crippen molar-refractivity contribution in [3.63, 3.8) is 0 Å². The van der Waals surface area contributed by atoms with E-state index >= 15 is 0 Å². The smallest absolute Gasteiger partial charge is 0.216 e. The van der Waals surface area contributed by atoms with Gasteiger partial charge >= 0.3 is 0 Å². The number of rotatable bonds is 6. The van der Waals surface area contributed by atoms with Crippen molar-refractivity contribution < 1.29 is 9.53 Å². The number of nitrogens with zero attached hydrogens (tertiary/aromatic N) is 3. The molecule has 0 radical (unpaired) electrons. The van der Waals surface area contributed by atoms with Crippen LogP contribution in [0.15, 0.2) is 24.7 Å². The summed E-state index contributed by atoms with van der Waals surface area (Å²) in [6.45, 7) is 2.27. The Bertz CT molecular complexity index is 989. The van der Waals surface area contributed by atoms with E-state index in [1.54, 1.807) is 18.5 Å². The van der Waals surface area contributed by atoms with Gasteiger partial charge in [0, 0.05) is 49.6 Å². The molecule has 0 spiro atoms. The van der Waals surface area contributed by atoms with Gasteiger partial charge in [0.15, 0.2) is 6.61 Å². The maximum absolute atomic E-state index is 11.2. The predicted octanol–water partition coefficient (Wildman–Crippen LogP) is 3.38. The first-order valence-corrected chi connectivity index (χ1v) is 8.52. The van der Waals surface area contributed by atoms with Crippen molar-refractivity contribution in [3.05, 3.63) is 34.7 Å². The summed E-state index contributed by atoms with van der Waals surface area (Å²) < 4.78 is 7.48. The Hall–Kier alpha value is -2.69. The van der Waals surface area contributed by atoms with Gasteiger partial charge < -0.3 is 14.6 Å².